The molecule has 0 saturated carbocycles. The zero-order chi connectivity index (χ0) is 18.3. The molecule has 1 aliphatic rings. The number of esters is 1. The molecule has 8 heteroatoms. The minimum atomic E-state index is -0.353. The zero-order valence-electron chi connectivity index (χ0n) is 14.7. The maximum Gasteiger partial charge on any atom is 0.350 e. The molecule has 0 unspecified atom stereocenters. The number of fused-ring (bicyclic) bond motifs is 2. The van der Waals surface area contributed by atoms with Crippen LogP contribution in [0.1, 0.15) is 29.3 Å². The third-order valence-corrected chi connectivity index (χ3v) is 4.50. The van der Waals surface area contributed by atoms with Gasteiger partial charge in [-0.3, -0.25) is 4.40 Å². The fourth-order valence-electron chi connectivity index (χ4n) is 3.28. The monoisotopic (exact) mass is 353 g/mol. The van der Waals surface area contributed by atoms with Crippen LogP contribution in [0.5, 0.6) is 0 Å². The molecule has 3 aromatic heterocycles. The molecule has 134 valence electrons. The van der Waals surface area contributed by atoms with Crippen LogP contribution >= 0.6 is 0 Å². The second-order valence-corrected chi connectivity index (χ2v) is 6.20. The molecule has 0 atom stereocenters. The molecule has 4 heterocycles. The van der Waals surface area contributed by atoms with Crippen molar-refractivity contribution in [1.82, 2.24) is 19.2 Å². The van der Waals surface area contributed by atoms with E-state index in [0.717, 1.165) is 36.5 Å². The van der Waals surface area contributed by atoms with Crippen molar-refractivity contribution in [1.29, 1.82) is 0 Å². The number of hydrogen-bond acceptors (Lipinski definition) is 6. The van der Waals surface area contributed by atoms with Gasteiger partial charge in [-0.25, -0.2) is 19.3 Å². The van der Waals surface area contributed by atoms with E-state index in [1.54, 1.807) is 26.4 Å². The summed E-state index contributed by atoms with van der Waals surface area (Å²) in [5, 5.41) is 4.24. The quantitative estimate of drug-likeness (QED) is 0.667. The molecular formula is C18H19N5O3. The number of aryl methyl sites for hydroxylation is 2. The number of anilines is 2. The predicted molar refractivity (Wildman–Crippen MR) is 96.0 cm³/mol. The Morgan fingerprint density at radius 1 is 1.35 bits per heavy atom. The van der Waals surface area contributed by atoms with E-state index in [1.165, 1.54) is 9.08 Å². The minimum Gasteiger partial charge on any atom is -0.462 e. The summed E-state index contributed by atoms with van der Waals surface area (Å²) in [4.78, 5) is 30.5. The summed E-state index contributed by atoms with van der Waals surface area (Å²) in [5.74, 6) is 0.473. The Bertz CT molecular complexity index is 1050. The first-order valence-corrected chi connectivity index (χ1v) is 8.57. The molecule has 0 N–H and O–H groups in total. The van der Waals surface area contributed by atoms with Crippen LogP contribution in [0.3, 0.4) is 0 Å². The van der Waals surface area contributed by atoms with Gasteiger partial charge in [0, 0.05) is 37.7 Å². The highest BCUT2D eigenvalue weighted by atomic mass is 16.5. The normalized spacial score (nSPS) is 13.7. The molecule has 0 radical (unpaired) electrons. The second kappa shape index (κ2) is 6.29. The van der Waals surface area contributed by atoms with Gasteiger partial charge in [-0.05, 0) is 37.5 Å². The Kier molecular flexibility index (Phi) is 3.95. The van der Waals surface area contributed by atoms with Gasteiger partial charge in [0.25, 0.3) is 0 Å². The highest BCUT2D eigenvalue weighted by molar-refractivity contribution is 5.90. The number of ether oxygens (including phenoxy) is 1. The van der Waals surface area contributed by atoms with Gasteiger partial charge >= 0.3 is 11.7 Å². The van der Waals surface area contributed by atoms with E-state index in [2.05, 4.69) is 15.0 Å². The third kappa shape index (κ3) is 2.63. The maximum atomic E-state index is 12.0. The van der Waals surface area contributed by atoms with Crippen LogP contribution in [0.2, 0.25) is 0 Å². The van der Waals surface area contributed by atoms with E-state index in [1.807, 2.05) is 18.2 Å². The molecule has 0 aliphatic carbocycles. The van der Waals surface area contributed by atoms with Gasteiger partial charge in [-0.2, -0.15) is 5.10 Å². The van der Waals surface area contributed by atoms with Crippen molar-refractivity contribution in [2.75, 3.05) is 18.1 Å². The first kappa shape index (κ1) is 16.3. The van der Waals surface area contributed by atoms with E-state index in [4.69, 9.17) is 4.74 Å². The zero-order valence-corrected chi connectivity index (χ0v) is 14.7. The molecule has 26 heavy (non-hydrogen) atoms. The first-order chi connectivity index (χ1) is 12.6. The molecule has 1 aliphatic heterocycles. The molecular weight excluding hydrogens is 334 g/mol. The standard InChI is InChI=1S/C18H19N5O3/c1-3-26-17(24)13-9-12-5-4-7-22(16(12)19-11-13)14-6-8-23-15(10-14)20-21(2)18(23)25/h6,8-11H,3-5,7H2,1-2H3. The highest BCUT2D eigenvalue weighted by Gasteiger charge is 2.22. The molecule has 4 rings (SSSR count). The lowest BCUT2D eigenvalue weighted by Gasteiger charge is -2.30. The first-order valence-electron chi connectivity index (χ1n) is 8.57. The Labute approximate surface area is 149 Å². The smallest absolute Gasteiger partial charge is 0.350 e. The molecule has 3 aromatic rings. The number of aromatic nitrogens is 4. The summed E-state index contributed by atoms with van der Waals surface area (Å²) in [7, 11) is 1.63. The lowest BCUT2D eigenvalue weighted by Crippen LogP contribution is -2.26. The summed E-state index contributed by atoms with van der Waals surface area (Å²) in [5.41, 5.74) is 2.81. The maximum absolute atomic E-state index is 12.0. The number of pyridine rings is 2. The average molecular weight is 353 g/mol. The molecule has 0 bridgehead atoms. The van der Waals surface area contributed by atoms with Crippen LogP contribution in [0, 0.1) is 0 Å². The molecule has 8 nitrogen and oxygen atoms in total. The van der Waals surface area contributed by atoms with Crippen LogP contribution in [-0.2, 0) is 18.2 Å². The van der Waals surface area contributed by atoms with Crippen LogP contribution < -0.4 is 10.6 Å². The van der Waals surface area contributed by atoms with Crippen molar-refractivity contribution in [2.45, 2.75) is 19.8 Å². The van der Waals surface area contributed by atoms with E-state index in [-0.39, 0.29) is 11.7 Å². The van der Waals surface area contributed by atoms with Gasteiger partial charge in [-0.1, -0.05) is 0 Å². The Morgan fingerprint density at radius 2 is 2.19 bits per heavy atom. The van der Waals surface area contributed by atoms with Crippen molar-refractivity contribution in [3.8, 4) is 0 Å². The average Bonchev–Trinajstić information content (AvgIpc) is 2.94. The number of carbonyl (C=O) groups is 1. The fourth-order valence-corrected chi connectivity index (χ4v) is 3.28. The number of rotatable bonds is 3. The largest absolute Gasteiger partial charge is 0.462 e. The Balaban J connectivity index is 1.74. The molecule has 0 saturated heterocycles. The third-order valence-electron chi connectivity index (χ3n) is 4.50. The minimum absolute atomic E-state index is 0.178. The van der Waals surface area contributed by atoms with E-state index in [0.29, 0.717) is 17.8 Å². The Morgan fingerprint density at radius 3 is 3.00 bits per heavy atom. The second-order valence-electron chi connectivity index (χ2n) is 6.20. The summed E-state index contributed by atoms with van der Waals surface area (Å²) < 4.78 is 7.87. The van der Waals surface area contributed by atoms with Crippen molar-refractivity contribution in [3.63, 3.8) is 0 Å². The topological polar surface area (TPSA) is 81.7 Å². The van der Waals surface area contributed by atoms with Crippen molar-refractivity contribution < 1.29 is 9.53 Å². The number of nitrogens with zero attached hydrogens (tertiary/aromatic N) is 5. The van der Waals surface area contributed by atoms with Crippen molar-refractivity contribution in [3.05, 3.63) is 52.2 Å². The molecule has 0 fully saturated rings. The van der Waals surface area contributed by atoms with Gasteiger partial charge in [0.1, 0.15) is 5.82 Å². The van der Waals surface area contributed by atoms with E-state index in [9.17, 15) is 9.59 Å². The van der Waals surface area contributed by atoms with E-state index < -0.39 is 0 Å². The number of hydrogen-bond donors (Lipinski definition) is 0. The lowest BCUT2D eigenvalue weighted by atomic mass is 10.0. The van der Waals surface area contributed by atoms with Crippen LogP contribution in [0.15, 0.2) is 35.4 Å². The van der Waals surface area contributed by atoms with Crippen molar-refractivity contribution >= 4 is 23.1 Å². The van der Waals surface area contributed by atoms with Gasteiger partial charge in [0.15, 0.2) is 5.65 Å². The fraction of sp³-hybridized carbons (Fsp3) is 0.333. The number of carbonyl (C=O) groups excluding carboxylic acids is 1. The van der Waals surface area contributed by atoms with Crippen molar-refractivity contribution in [2.24, 2.45) is 7.05 Å². The summed E-state index contributed by atoms with van der Waals surface area (Å²) >= 11 is 0. The molecule has 0 spiro atoms. The van der Waals surface area contributed by atoms with Gasteiger partial charge < -0.3 is 9.64 Å². The highest BCUT2D eigenvalue weighted by Crippen LogP contribution is 2.32. The van der Waals surface area contributed by atoms with E-state index >= 15 is 0 Å². The Hall–Kier alpha value is -3.16. The summed E-state index contributed by atoms with van der Waals surface area (Å²) in [6.07, 6.45) is 5.08. The van der Waals surface area contributed by atoms with Gasteiger partial charge in [-0.15, -0.1) is 0 Å². The van der Waals surface area contributed by atoms with Crippen LogP contribution in [0.25, 0.3) is 5.65 Å². The van der Waals surface area contributed by atoms with Crippen LogP contribution in [-0.4, -0.2) is 38.3 Å². The predicted octanol–water partition coefficient (Wildman–Crippen LogP) is 1.69. The SMILES string of the molecule is CCOC(=O)c1cnc2c(c1)CCCN2c1ccn2c(=O)n(C)nc2c1. The van der Waals surface area contributed by atoms with Gasteiger partial charge in [0.2, 0.25) is 0 Å². The van der Waals surface area contributed by atoms with Crippen LogP contribution in [0.4, 0.5) is 11.5 Å². The molecule has 0 aromatic carbocycles. The summed E-state index contributed by atoms with van der Waals surface area (Å²) in [6, 6.07) is 5.61. The lowest BCUT2D eigenvalue weighted by molar-refractivity contribution is 0.0525. The van der Waals surface area contributed by atoms with Gasteiger partial charge in [0.05, 0.1) is 12.2 Å². The summed E-state index contributed by atoms with van der Waals surface area (Å²) in [6.45, 7) is 2.93. The molecule has 0 amide bonds.